The number of ether oxygens (including phenoxy) is 1. The molecule has 2 aliphatic rings. The van der Waals surface area contributed by atoms with Crippen molar-refractivity contribution in [3.05, 3.63) is 0 Å². The third kappa shape index (κ3) is 3.38. The Balaban J connectivity index is 1.82. The number of hydrogen-bond acceptors (Lipinski definition) is 3. The van der Waals surface area contributed by atoms with Crippen LogP contribution < -0.4 is 5.32 Å². The van der Waals surface area contributed by atoms with Gasteiger partial charge in [0, 0.05) is 17.9 Å². The molecule has 2 heterocycles. The van der Waals surface area contributed by atoms with E-state index in [1.807, 2.05) is 0 Å². The summed E-state index contributed by atoms with van der Waals surface area (Å²) < 4.78 is 6.04. The minimum absolute atomic E-state index is 0.243. The number of rotatable bonds is 2. The fourth-order valence-electron chi connectivity index (χ4n) is 2.62. The minimum atomic E-state index is 0.243. The van der Waals surface area contributed by atoms with Gasteiger partial charge in [0.2, 0.25) is 0 Å². The maximum Gasteiger partial charge on any atom is 0.0783 e. The lowest BCUT2D eigenvalue weighted by molar-refractivity contribution is -0.0794. The first-order valence-corrected chi connectivity index (χ1v) is 7.61. The second-order valence-corrected chi connectivity index (χ2v) is 7.43. The fraction of sp³-hybridized carbons (Fsp3) is 1.00. The molecule has 2 fully saturated rings. The zero-order valence-corrected chi connectivity index (χ0v) is 11.7. The Bertz CT molecular complexity index is 231. The Morgan fingerprint density at radius 1 is 1.44 bits per heavy atom. The SMILES string of the molecule is CC(C)(C)NCC1CCOC2(CCSC2)C1. The van der Waals surface area contributed by atoms with E-state index in [4.69, 9.17) is 4.74 Å². The molecule has 0 bridgehead atoms. The molecule has 2 nitrogen and oxygen atoms in total. The lowest BCUT2D eigenvalue weighted by Crippen LogP contribution is -2.45. The molecule has 0 saturated carbocycles. The van der Waals surface area contributed by atoms with Crippen LogP contribution in [0.15, 0.2) is 0 Å². The van der Waals surface area contributed by atoms with Gasteiger partial charge in [-0.3, -0.25) is 0 Å². The molecule has 0 aliphatic carbocycles. The highest BCUT2D eigenvalue weighted by molar-refractivity contribution is 7.99. The van der Waals surface area contributed by atoms with Gasteiger partial charge in [-0.1, -0.05) is 0 Å². The van der Waals surface area contributed by atoms with Crippen molar-refractivity contribution < 1.29 is 4.74 Å². The number of hydrogen-bond donors (Lipinski definition) is 1. The van der Waals surface area contributed by atoms with Gasteiger partial charge in [0.25, 0.3) is 0 Å². The Morgan fingerprint density at radius 3 is 2.88 bits per heavy atom. The van der Waals surface area contributed by atoms with E-state index in [1.165, 1.54) is 30.8 Å². The highest BCUT2D eigenvalue weighted by Gasteiger charge is 2.40. The monoisotopic (exact) mass is 243 g/mol. The van der Waals surface area contributed by atoms with Crippen LogP contribution in [0, 0.1) is 5.92 Å². The third-order valence-electron chi connectivity index (χ3n) is 3.58. The Morgan fingerprint density at radius 2 is 2.25 bits per heavy atom. The topological polar surface area (TPSA) is 21.3 Å². The molecule has 16 heavy (non-hydrogen) atoms. The summed E-state index contributed by atoms with van der Waals surface area (Å²) in [6.07, 6.45) is 3.77. The fourth-order valence-corrected chi connectivity index (χ4v) is 4.00. The Hall–Kier alpha value is 0.270. The molecular weight excluding hydrogens is 218 g/mol. The molecule has 2 rings (SSSR count). The van der Waals surface area contributed by atoms with Gasteiger partial charge in [0.05, 0.1) is 5.60 Å². The van der Waals surface area contributed by atoms with Gasteiger partial charge < -0.3 is 10.1 Å². The molecule has 2 saturated heterocycles. The molecule has 0 aromatic carbocycles. The third-order valence-corrected chi connectivity index (χ3v) is 4.81. The van der Waals surface area contributed by atoms with E-state index in [1.54, 1.807) is 0 Å². The van der Waals surface area contributed by atoms with Crippen molar-refractivity contribution in [2.45, 2.75) is 51.2 Å². The summed E-state index contributed by atoms with van der Waals surface area (Å²) >= 11 is 2.06. The van der Waals surface area contributed by atoms with Crippen molar-refractivity contribution >= 4 is 11.8 Å². The number of nitrogens with one attached hydrogen (secondary N) is 1. The standard InChI is InChI=1S/C13H25NOS/c1-12(2,3)14-9-11-4-6-15-13(8-11)5-7-16-10-13/h11,14H,4-10H2,1-3H3. The van der Waals surface area contributed by atoms with E-state index >= 15 is 0 Å². The first kappa shape index (κ1) is 12.7. The summed E-state index contributed by atoms with van der Waals surface area (Å²) in [7, 11) is 0. The van der Waals surface area contributed by atoms with Gasteiger partial charge in [0.1, 0.15) is 0 Å². The first-order valence-electron chi connectivity index (χ1n) is 6.46. The highest BCUT2D eigenvalue weighted by atomic mass is 32.2. The molecule has 2 unspecified atom stereocenters. The first-order chi connectivity index (χ1) is 7.49. The molecule has 1 N–H and O–H groups in total. The van der Waals surface area contributed by atoms with Crippen molar-refractivity contribution in [2.24, 2.45) is 5.92 Å². The molecule has 0 radical (unpaired) electrons. The van der Waals surface area contributed by atoms with E-state index < -0.39 is 0 Å². The van der Waals surface area contributed by atoms with Crippen molar-refractivity contribution in [1.29, 1.82) is 0 Å². The van der Waals surface area contributed by atoms with E-state index in [0.29, 0.717) is 0 Å². The van der Waals surface area contributed by atoms with Gasteiger partial charge in [0.15, 0.2) is 0 Å². The smallest absolute Gasteiger partial charge is 0.0783 e. The summed E-state index contributed by atoms with van der Waals surface area (Å²) in [5.41, 5.74) is 0.489. The predicted molar refractivity (Wildman–Crippen MR) is 71.1 cm³/mol. The molecule has 94 valence electrons. The van der Waals surface area contributed by atoms with Crippen LogP contribution in [0.5, 0.6) is 0 Å². The largest absolute Gasteiger partial charge is 0.374 e. The Kier molecular flexibility index (Phi) is 3.87. The van der Waals surface area contributed by atoms with Crippen molar-refractivity contribution in [3.8, 4) is 0 Å². The summed E-state index contributed by atoms with van der Waals surface area (Å²) in [4.78, 5) is 0. The molecule has 0 aromatic rings. The van der Waals surface area contributed by atoms with Crippen molar-refractivity contribution in [1.82, 2.24) is 5.32 Å². The van der Waals surface area contributed by atoms with Crippen LogP contribution in [0.4, 0.5) is 0 Å². The molecule has 1 spiro atoms. The van der Waals surface area contributed by atoms with Gasteiger partial charge in [-0.05, 0) is 58.2 Å². The number of thioether (sulfide) groups is 1. The molecule has 2 atom stereocenters. The van der Waals surface area contributed by atoms with Crippen LogP contribution in [0.3, 0.4) is 0 Å². The van der Waals surface area contributed by atoms with Crippen molar-refractivity contribution in [2.75, 3.05) is 24.7 Å². The van der Waals surface area contributed by atoms with Gasteiger partial charge in [-0.25, -0.2) is 0 Å². The summed E-state index contributed by atoms with van der Waals surface area (Å²) in [6, 6.07) is 0. The van der Waals surface area contributed by atoms with E-state index in [2.05, 4.69) is 37.8 Å². The lowest BCUT2D eigenvalue weighted by atomic mass is 9.85. The molecule has 2 aliphatic heterocycles. The lowest BCUT2D eigenvalue weighted by Gasteiger charge is -2.38. The highest BCUT2D eigenvalue weighted by Crippen LogP contribution is 2.40. The zero-order chi connectivity index (χ0) is 11.6. The van der Waals surface area contributed by atoms with Crippen LogP contribution in [0.25, 0.3) is 0 Å². The summed E-state index contributed by atoms with van der Waals surface area (Å²) in [6.45, 7) is 8.85. The maximum atomic E-state index is 6.04. The quantitative estimate of drug-likeness (QED) is 0.806. The van der Waals surface area contributed by atoms with Gasteiger partial charge in [-0.15, -0.1) is 0 Å². The second-order valence-electron chi connectivity index (χ2n) is 6.32. The minimum Gasteiger partial charge on any atom is -0.374 e. The summed E-state index contributed by atoms with van der Waals surface area (Å²) in [5, 5.41) is 3.64. The van der Waals surface area contributed by atoms with Crippen molar-refractivity contribution in [3.63, 3.8) is 0 Å². The van der Waals surface area contributed by atoms with E-state index in [0.717, 1.165) is 19.1 Å². The van der Waals surface area contributed by atoms with Crippen LogP contribution >= 0.6 is 11.8 Å². The van der Waals surface area contributed by atoms with E-state index in [9.17, 15) is 0 Å². The average Bonchev–Trinajstić information content (AvgIpc) is 2.63. The summed E-state index contributed by atoms with van der Waals surface area (Å²) in [5.74, 6) is 3.32. The van der Waals surface area contributed by atoms with Crippen LogP contribution in [0.1, 0.15) is 40.0 Å². The van der Waals surface area contributed by atoms with Gasteiger partial charge in [-0.2, -0.15) is 11.8 Å². The second kappa shape index (κ2) is 4.87. The molecule has 0 amide bonds. The Labute approximate surface area is 104 Å². The average molecular weight is 243 g/mol. The molecule has 0 aromatic heterocycles. The van der Waals surface area contributed by atoms with E-state index in [-0.39, 0.29) is 11.1 Å². The zero-order valence-electron chi connectivity index (χ0n) is 10.8. The van der Waals surface area contributed by atoms with Crippen LogP contribution in [0.2, 0.25) is 0 Å². The predicted octanol–water partition coefficient (Wildman–Crippen LogP) is 2.68. The molecular formula is C13H25NOS. The van der Waals surface area contributed by atoms with Crippen LogP contribution in [-0.2, 0) is 4.74 Å². The van der Waals surface area contributed by atoms with Crippen LogP contribution in [-0.4, -0.2) is 35.8 Å². The maximum absolute atomic E-state index is 6.04. The molecule has 3 heteroatoms. The van der Waals surface area contributed by atoms with Gasteiger partial charge >= 0.3 is 0 Å². The normalized spacial score (nSPS) is 35.8.